The van der Waals surface area contributed by atoms with Crippen molar-refractivity contribution in [3.8, 4) is 56.7 Å². The van der Waals surface area contributed by atoms with Crippen LogP contribution in [0.5, 0.6) is 0 Å². The highest BCUT2D eigenvalue weighted by atomic mass is 16.3. The lowest BCUT2D eigenvalue weighted by Gasteiger charge is -2.13. The van der Waals surface area contributed by atoms with E-state index in [1.165, 1.54) is 21.5 Å². The number of hydrogen-bond acceptors (Lipinski definition) is 4. The molecule has 0 saturated carbocycles. The Labute approximate surface area is 361 Å². The van der Waals surface area contributed by atoms with Crippen molar-refractivity contribution in [3.63, 3.8) is 0 Å². The fourth-order valence-corrected chi connectivity index (χ4v) is 9.59. The molecule has 294 valence electrons. The third-order valence-electron chi connectivity index (χ3n) is 12.4. The molecule has 0 aliphatic carbocycles. The van der Waals surface area contributed by atoms with Crippen molar-refractivity contribution in [1.29, 1.82) is 0 Å². The number of benzene rings is 9. The van der Waals surface area contributed by atoms with Crippen molar-refractivity contribution in [2.75, 3.05) is 0 Å². The van der Waals surface area contributed by atoms with Gasteiger partial charge in [-0.25, -0.2) is 15.0 Å². The summed E-state index contributed by atoms with van der Waals surface area (Å²) in [6.07, 6.45) is 0. The van der Waals surface area contributed by atoms with E-state index in [1.54, 1.807) is 0 Å². The van der Waals surface area contributed by atoms with Crippen LogP contribution >= 0.6 is 0 Å². The molecule has 0 saturated heterocycles. The zero-order chi connectivity index (χ0) is 41.4. The minimum Gasteiger partial charge on any atom is -0.452 e. The first-order valence-electron chi connectivity index (χ1n) is 21.2. The highest BCUT2D eigenvalue weighted by Crippen LogP contribution is 2.45. The van der Waals surface area contributed by atoms with Crippen LogP contribution in [0.25, 0.3) is 122 Å². The van der Waals surface area contributed by atoms with Gasteiger partial charge in [0, 0.05) is 49.0 Å². The summed E-state index contributed by atoms with van der Waals surface area (Å²) >= 11 is 0. The normalized spacial score (nSPS) is 11.8. The lowest BCUT2D eigenvalue weighted by Crippen LogP contribution is -2.01. The average Bonchev–Trinajstić information content (AvgIpc) is 4.03. The van der Waals surface area contributed by atoms with E-state index in [0.717, 1.165) is 83.2 Å². The largest absolute Gasteiger partial charge is 0.452 e. The number of furan rings is 1. The van der Waals surface area contributed by atoms with E-state index in [9.17, 15) is 0 Å². The van der Waals surface area contributed by atoms with Gasteiger partial charge in [0.05, 0.1) is 33.4 Å². The third-order valence-corrected chi connectivity index (χ3v) is 12.4. The van der Waals surface area contributed by atoms with Gasteiger partial charge in [-0.15, -0.1) is 0 Å². The minimum atomic E-state index is 0.563. The summed E-state index contributed by atoms with van der Waals surface area (Å²) in [5.74, 6) is 1.75. The number of fused-ring (bicyclic) bond motifs is 9. The first-order valence-corrected chi connectivity index (χ1v) is 21.2. The number of para-hydroxylation sites is 5. The molecule has 0 radical (unpaired) electrons. The minimum absolute atomic E-state index is 0.563. The summed E-state index contributed by atoms with van der Waals surface area (Å²) in [4.78, 5) is 15.8. The molecule has 13 aromatic rings. The Bertz CT molecular complexity index is 3810. The van der Waals surface area contributed by atoms with Crippen molar-refractivity contribution in [2.24, 2.45) is 0 Å². The molecule has 0 amide bonds. The molecule has 63 heavy (non-hydrogen) atoms. The fraction of sp³-hybridized carbons (Fsp3) is 0. The van der Waals surface area contributed by atoms with E-state index < -0.39 is 0 Å². The van der Waals surface area contributed by atoms with Crippen LogP contribution in [0.2, 0.25) is 0 Å². The molecule has 0 bridgehead atoms. The molecule has 0 fully saturated rings. The zero-order valence-electron chi connectivity index (χ0n) is 33.9. The average molecular weight is 806 g/mol. The predicted molar refractivity (Wildman–Crippen MR) is 258 cm³/mol. The quantitative estimate of drug-likeness (QED) is 0.168. The van der Waals surface area contributed by atoms with Gasteiger partial charge in [0.2, 0.25) is 0 Å². The molecule has 9 aromatic carbocycles. The molecule has 4 aromatic heterocycles. The van der Waals surface area contributed by atoms with Gasteiger partial charge in [0.15, 0.2) is 28.6 Å². The van der Waals surface area contributed by atoms with Gasteiger partial charge >= 0.3 is 0 Å². The first-order chi connectivity index (χ1) is 31.3. The van der Waals surface area contributed by atoms with Crippen LogP contribution in [-0.2, 0) is 0 Å². The molecular weight excluding hydrogens is 771 g/mol. The topological polar surface area (TPSA) is 61.7 Å². The molecule has 0 aliphatic rings. The van der Waals surface area contributed by atoms with Crippen LogP contribution in [0.4, 0.5) is 0 Å². The summed E-state index contributed by atoms with van der Waals surface area (Å²) in [5, 5.41) is 6.64. The molecule has 6 nitrogen and oxygen atoms in total. The Balaban J connectivity index is 1.13. The number of aromatic nitrogens is 5. The summed E-state index contributed by atoms with van der Waals surface area (Å²) in [6, 6.07) is 74.2. The molecule has 0 N–H and O–H groups in total. The number of hydrogen-bond donors (Lipinski definition) is 0. The Kier molecular flexibility index (Phi) is 7.80. The van der Waals surface area contributed by atoms with E-state index >= 15 is 0 Å². The van der Waals surface area contributed by atoms with Gasteiger partial charge in [0.1, 0.15) is 0 Å². The van der Waals surface area contributed by atoms with Gasteiger partial charge in [-0.2, -0.15) is 0 Å². The maximum atomic E-state index is 7.40. The standard InChI is InChI=1S/C57H35N5O/c1-3-17-36(18-4-1)38-21-15-22-39(35-38)56-58-55(37-19-5-2-6-20-37)59-57(60-56)45-33-34-51(62-48-30-13-9-25-42(48)43-26-10-14-31-49(43)62)54-52(45)44-27-16-32-50(53(44)63-54)61-46-28-11-7-23-40(46)41-24-8-12-29-47(41)61/h1-35H. The summed E-state index contributed by atoms with van der Waals surface area (Å²) in [5.41, 5.74) is 12.7. The lowest BCUT2D eigenvalue weighted by molar-refractivity contribution is 0.664. The number of rotatable bonds is 6. The maximum Gasteiger partial charge on any atom is 0.164 e. The second-order valence-corrected chi connectivity index (χ2v) is 16.0. The monoisotopic (exact) mass is 805 g/mol. The fourth-order valence-electron chi connectivity index (χ4n) is 9.59. The van der Waals surface area contributed by atoms with Crippen LogP contribution in [0.3, 0.4) is 0 Å². The molecule has 0 atom stereocenters. The second-order valence-electron chi connectivity index (χ2n) is 16.0. The third kappa shape index (κ3) is 5.48. The molecule has 13 rings (SSSR count). The van der Waals surface area contributed by atoms with E-state index in [-0.39, 0.29) is 0 Å². The van der Waals surface area contributed by atoms with Crippen molar-refractivity contribution in [1.82, 2.24) is 24.1 Å². The van der Waals surface area contributed by atoms with Crippen LogP contribution in [0, 0.1) is 0 Å². The Morgan fingerprint density at radius 3 is 1.32 bits per heavy atom. The van der Waals surface area contributed by atoms with Crippen molar-refractivity contribution in [2.45, 2.75) is 0 Å². The smallest absolute Gasteiger partial charge is 0.164 e. The Morgan fingerprint density at radius 2 is 0.730 bits per heavy atom. The summed E-state index contributed by atoms with van der Waals surface area (Å²) < 4.78 is 12.1. The summed E-state index contributed by atoms with van der Waals surface area (Å²) in [6.45, 7) is 0. The van der Waals surface area contributed by atoms with E-state index in [4.69, 9.17) is 19.4 Å². The first kappa shape index (κ1) is 35.2. The van der Waals surface area contributed by atoms with E-state index in [0.29, 0.717) is 17.5 Å². The van der Waals surface area contributed by atoms with Gasteiger partial charge in [0.25, 0.3) is 0 Å². The van der Waals surface area contributed by atoms with Crippen LogP contribution in [-0.4, -0.2) is 24.1 Å². The van der Waals surface area contributed by atoms with Crippen LogP contribution in [0.15, 0.2) is 217 Å². The van der Waals surface area contributed by atoms with Crippen molar-refractivity contribution in [3.05, 3.63) is 212 Å². The molecular formula is C57H35N5O. The lowest BCUT2D eigenvalue weighted by atomic mass is 10.0. The van der Waals surface area contributed by atoms with Crippen molar-refractivity contribution < 1.29 is 4.42 Å². The molecule has 0 unspecified atom stereocenters. The molecule has 0 spiro atoms. The number of nitrogens with zero attached hydrogens (tertiary/aromatic N) is 5. The SMILES string of the molecule is c1ccc(-c2cccc(-c3nc(-c4ccccc4)nc(-c4ccc(-n5c6ccccc6c6ccccc65)c5oc6c(-n7c8ccccc8c8ccccc87)cccc6c45)n3)c2)cc1. The van der Waals surface area contributed by atoms with Crippen LogP contribution < -0.4 is 0 Å². The zero-order valence-corrected chi connectivity index (χ0v) is 33.9. The van der Waals surface area contributed by atoms with Gasteiger partial charge in [-0.05, 0) is 59.7 Å². The predicted octanol–water partition coefficient (Wildman–Crippen LogP) is 14.6. The molecule has 6 heteroatoms. The van der Waals surface area contributed by atoms with Gasteiger partial charge in [-0.3, -0.25) is 0 Å². The Morgan fingerprint density at radius 1 is 0.302 bits per heavy atom. The highest BCUT2D eigenvalue weighted by molar-refractivity contribution is 6.18. The maximum absolute atomic E-state index is 7.40. The van der Waals surface area contributed by atoms with E-state index in [1.807, 2.05) is 24.3 Å². The molecule has 0 aliphatic heterocycles. The highest BCUT2D eigenvalue weighted by Gasteiger charge is 2.25. The van der Waals surface area contributed by atoms with Crippen molar-refractivity contribution >= 4 is 65.6 Å². The van der Waals surface area contributed by atoms with Crippen LogP contribution in [0.1, 0.15) is 0 Å². The van der Waals surface area contributed by atoms with E-state index in [2.05, 4.69) is 197 Å². The summed E-state index contributed by atoms with van der Waals surface area (Å²) in [7, 11) is 0. The van der Waals surface area contributed by atoms with Gasteiger partial charge < -0.3 is 13.6 Å². The second kappa shape index (κ2) is 14.0. The van der Waals surface area contributed by atoms with Gasteiger partial charge in [-0.1, -0.05) is 164 Å². The molecule has 4 heterocycles. The Hall–Kier alpha value is -8.61.